The molecule has 2 aromatic rings. The zero-order chi connectivity index (χ0) is 15.4. The zero-order valence-electron chi connectivity index (χ0n) is 11.9. The molecule has 0 fully saturated rings. The van der Waals surface area contributed by atoms with Crippen molar-refractivity contribution in [3.63, 3.8) is 0 Å². The molecule has 0 aliphatic heterocycles. The van der Waals surface area contributed by atoms with Crippen LogP contribution < -0.4 is 4.74 Å². The molecule has 0 aliphatic rings. The molecule has 0 atom stereocenters. The second kappa shape index (κ2) is 6.26. The normalized spacial score (nSPS) is 10.4. The van der Waals surface area contributed by atoms with E-state index in [9.17, 15) is 9.59 Å². The van der Waals surface area contributed by atoms with Crippen molar-refractivity contribution in [2.45, 2.75) is 26.9 Å². The average Bonchev–Trinajstić information content (AvgIpc) is 2.86. The van der Waals surface area contributed by atoms with E-state index in [1.165, 1.54) is 6.07 Å². The molecule has 110 valence electrons. The number of benzene rings is 1. The number of carbonyl (C=O) groups excluding carboxylic acids is 1. The maximum absolute atomic E-state index is 11.5. The number of furan rings is 1. The molecule has 0 spiro atoms. The predicted octanol–water partition coefficient (Wildman–Crippen LogP) is 3.46. The molecule has 0 amide bonds. The minimum absolute atomic E-state index is 0.0781. The Kier molecular flexibility index (Phi) is 4.42. The van der Waals surface area contributed by atoms with Gasteiger partial charge in [0.15, 0.2) is 5.78 Å². The van der Waals surface area contributed by atoms with Crippen molar-refractivity contribution in [2.75, 3.05) is 0 Å². The lowest BCUT2D eigenvalue weighted by atomic mass is 10.1. The summed E-state index contributed by atoms with van der Waals surface area (Å²) >= 11 is 0. The third kappa shape index (κ3) is 3.51. The first kappa shape index (κ1) is 14.8. The fraction of sp³-hybridized carbons (Fsp3) is 0.250. The van der Waals surface area contributed by atoms with Gasteiger partial charge in [-0.15, -0.1) is 0 Å². The van der Waals surface area contributed by atoms with Gasteiger partial charge < -0.3 is 14.3 Å². The molecule has 0 saturated carbocycles. The number of rotatable bonds is 6. The van der Waals surface area contributed by atoms with Crippen LogP contribution in [0, 0.1) is 6.92 Å². The summed E-state index contributed by atoms with van der Waals surface area (Å²) < 4.78 is 10.8. The van der Waals surface area contributed by atoms with Crippen molar-refractivity contribution in [1.82, 2.24) is 0 Å². The van der Waals surface area contributed by atoms with Crippen molar-refractivity contribution in [2.24, 2.45) is 0 Å². The number of hydrogen-bond donors (Lipinski definition) is 1. The Hall–Kier alpha value is -2.56. The Morgan fingerprint density at radius 3 is 2.43 bits per heavy atom. The summed E-state index contributed by atoms with van der Waals surface area (Å²) in [6.07, 6.45) is 0.462. The molecular formula is C16H16O5. The highest BCUT2D eigenvalue weighted by molar-refractivity contribution is 5.95. The summed E-state index contributed by atoms with van der Waals surface area (Å²) in [5.41, 5.74) is 0.782. The number of Topliss-reactive ketones (excluding diaryl/α,β-unsaturated/α-hetero) is 1. The number of ketones is 1. The molecule has 5 heteroatoms. The fourth-order valence-electron chi connectivity index (χ4n) is 1.92. The third-order valence-corrected chi connectivity index (χ3v) is 3.08. The first-order valence-corrected chi connectivity index (χ1v) is 6.60. The molecule has 0 saturated heterocycles. The fourth-order valence-corrected chi connectivity index (χ4v) is 1.92. The highest BCUT2D eigenvalue weighted by Gasteiger charge is 2.14. The highest BCUT2D eigenvalue weighted by atomic mass is 16.5. The van der Waals surface area contributed by atoms with Gasteiger partial charge in [-0.05, 0) is 37.3 Å². The van der Waals surface area contributed by atoms with Gasteiger partial charge in [0.25, 0.3) is 0 Å². The lowest BCUT2D eigenvalue weighted by Crippen LogP contribution is -1.98. The summed E-state index contributed by atoms with van der Waals surface area (Å²) in [5, 5.41) is 8.94. The minimum atomic E-state index is -1.02. The van der Waals surface area contributed by atoms with Crippen molar-refractivity contribution in [3.8, 4) is 5.75 Å². The van der Waals surface area contributed by atoms with Crippen molar-refractivity contribution >= 4 is 11.8 Å². The van der Waals surface area contributed by atoms with Gasteiger partial charge in [-0.3, -0.25) is 4.79 Å². The summed E-state index contributed by atoms with van der Waals surface area (Å²) in [4.78, 5) is 22.4. The van der Waals surface area contributed by atoms with Gasteiger partial charge in [-0.25, -0.2) is 4.79 Å². The summed E-state index contributed by atoms with van der Waals surface area (Å²) in [7, 11) is 0. The number of carboxylic acids is 1. The number of ether oxygens (including phenoxy) is 1. The molecule has 1 heterocycles. The SMILES string of the molecule is CCC(=O)c1ccc(OCc2cc(C(=O)O)c(C)o2)cc1. The van der Waals surface area contributed by atoms with E-state index in [0.29, 0.717) is 29.3 Å². The summed E-state index contributed by atoms with van der Waals surface area (Å²) in [6, 6.07) is 8.27. The number of carbonyl (C=O) groups is 2. The number of hydrogen-bond acceptors (Lipinski definition) is 4. The summed E-state index contributed by atoms with van der Waals surface area (Å²) in [6.45, 7) is 3.54. The molecule has 21 heavy (non-hydrogen) atoms. The van der Waals surface area contributed by atoms with E-state index in [1.54, 1.807) is 31.2 Å². The zero-order valence-corrected chi connectivity index (χ0v) is 11.9. The van der Waals surface area contributed by atoms with Gasteiger partial charge in [0, 0.05) is 12.0 Å². The molecule has 1 aromatic heterocycles. The maximum Gasteiger partial charge on any atom is 0.339 e. The second-order valence-corrected chi connectivity index (χ2v) is 4.58. The van der Waals surface area contributed by atoms with E-state index in [1.807, 2.05) is 6.92 Å². The van der Waals surface area contributed by atoms with E-state index in [-0.39, 0.29) is 18.0 Å². The maximum atomic E-state index is 11.5. The first-order valence-electron chi connectivity index (χ1n) is 6.60. The topological polar surface area (TPSA) is 76.7 Å². The van der Waals surface area contributed by atoms with Crippen LogP contribution in [0.4, 0.5) is 0 Å². The van der Waals surface area contributed by atoms with Crippen molar-refractivity contribution in [3.05, 3.63) is 53.0 Å². The quantitative estimate of drug-likeness (QED) is 0.824. The Morgan fingerprint density at radius 1 is 1.24 bits per heavy atom. The van der Waals surface area contributed by atoms with Gasteiger partial charge in [0.2, 0.25) is 0 Å². The van der Waals surface area contributed by atoms with Gasteiger partial charge in [0.1, 0.15) is 29.4 Å². The van der Waals surface area contributed by atoms with Gasteiger partial charge in [0.05, 0.1) is 0 Å². The smallest absolute Gasteiger partial charge is 0.339 e. The molecule has 0 radical (unpaired) electrons. The molecular weight excluding hydrogens is 272 g/mol. The molecule has 1 aromatic carbocycles. The molecule has 2 rings (SSSR count). The Bertz CT molecular complexity index is 652. The molecule has 0 unspecified atom stereocenters. The Labute approximate surface area is 122 Å². The molecule has 5 nitrogen and oxygen atoms in total. The van der Waals surface area contributed by atoms with Crippen molar-refractivity contribution in [1.29, 1.82) is 0 Å². The van der Waals surface area contributed by atoms with Gasteiger partial charge >= 0.3 is 5.97 Å². The van der Waals surface area contributed by atoms with Crippen LogP contribution >= 0.6 is 0 Å². The Balaban J connectivity index is 2.01. The van der Waals surface area contributed by atoms with Crippen LogP contribution in [0.15, 0.2) is 34.7 Å². The lowest BCUT2D eigenvalue weighted by Gasteiger charge is -2.05. The molecule has 0 bridgehead atoms. The minimum Gasteiger partial charge on any atom is -0.486 e. The number of carboxylic acid groups (broad SMARTS) is 1. The van der Waals surface area contributed by atoms with Crippen LogP contribution in [0.5, 0.6) is 5.75 Å². The largest absolute Gasteiger partial charge is 0.486 e. The van der Waals surface area contributed by atoms with E-state index in [0.717, 1.165) is 0 Å². The molecule has 1 N–H and O–H groups in total. The monoisotopic (exact) mass is 288 g/mol. The van der Waals surface area contributed by atoms with Crippen LogP contribution in [-0.4, -0.2) is 16.9 Å². The average molecular weight is 288 g/mol. The Morgan fingerprint density at radius 2 is 1.90 bits per heavy atom. The van der Waals surface area contributed by atoms with Crippen LogP contribution in [0.3, 0.4) is 0 Å². The summed E-state index contributed by atoms with van der Waals surface area (Å²) in [5.74, 6) is 0.441. The predicted molar refractivity (Wildman–Crippen MR) is 75.8 cm³/mol. The van der Waals surface area contributed by atoms with E-state index >= 15 is 0 Å². The van der Waals surface area contributed by atoms with Crippen LogP contribution in [-0.2, 0) is 6.61 Å². The second-order valence-electron chi connectivity index (χ2n) is 4.58. The molecule has 0 aliphatic carbocycles. The third-order valence-electron chi connectivity index (χ3n) is 3.08. The van der Waals surface area contributed by atoms with E-state index in [4.69, 9.17) is 14.3 Å². The lowest BCUT2D eigenvalue weighted by molar-refractivity contribution is 0.0694. The van der Waals surface area contributed by atoms with Crippen LogP contribution in [0.1, 0.15) is 45.6 Å². The van der Waals surface area contributed by atoms with Crippen LogP contribution in [0.2, 0.25) is 0 Å². The van der Waals surface area contributed by atoms with Gasteiger partial charge in [-0.1, -0.05) is 6.92 Å². The first-order chi connectivity index (χ1) is 10.0. The van der Waals surface area contributed by atoms with Crippen molar-refractivity contribution < 1.29 is 23.8 Å². The number of aryl methyl sites for hydroxylation is 1. The van der Waals surface area contributed by atoms with E-state index < -0.39 is 5.97 Å². The highest BCUT2D eigenvalue weighted by Crippen LogP contribution is 2.18. The van der Waals surface area contributed by atoms with Crippen LogP contribution in [0.25, 0.3) is 0 Å². The number of aromatic carboxylic acids is 1. The van der Waals surface area contributed by atoms with Gasteiger partial charge in [-0.2, -0.15) is 0 Å². The van der Waals surface area contributed by atoms with E-state index in [2.05, 4.69) is 0 Å². The standard InChI is InChI=1S/C16H16O5/c1-3-15(17)11-4-6-12(7-5-11)20-9-13-8-14(16(18)19)10(2)21-13/h4-8H,3,9H2,1-2H3,(H,18,19).